The summed E-state index contributed by atoms with van der Waals surface area (Å²) in [5.74, 6) is 2.56. The maximum absolute atomic E-state index is 13.1. The summed E-state index contributed by atoms with van der Waals surface area (Å²) in [5, 5.41) is 0. The highest BCUT2D eigenvalue weighted by molar-refractivity contribution is 5.92. The van der Waals surface area contributed by atoms with Crippen LogP contribution in [0, 0.1) is 12.8 Å². The van der Waals surface area contributed by atoms with Crippen molar-refractivity contribution < 1.29 is 4.79 Å². The topological polar surface area (TPSA) is 63.9 Å². The average molecular weight is 355 g/mol. The van der Waals surface area contributed by atoms with Crippen molar-refractivity contribution >= 4 is 5.91 Å². The zero-order chi connectivity index (χ0) is 18.7. The minimum Gasteiger partial charge on any atom is -0.337 e. The number of imidazole rings is 1. The fourth-order valence-electron chi connectivity index (χ4n) is 3.74. The normalized spacial score (nSPS) is 17.7. The maximum atomic E-state index is 13.1. The number of hydrogen-bond donors (Lipinski definition) is 0. The van der Waals surface area contributed by atoms with Gasteiger partial charge in [0.05, 0.1) is 0 Å². The lowest BCUT2D eigenvalue weighted by molar-refractivity contribution is 0.0696. The van der Waals surface area contributed by atoms with Crippen LogP contribution in [0.5, 0.6) is 0 Å². The van der Waals surface area contributed by atoms with E-state index in [9.17, 15) is 4.79 Å². The van der Waals surface area contributed by atoms with Crippen LogP contribution in [-0.2, 0) is 13.0 Å². The highest BCUT2D eigenvalue weighted by atomic mass is 16.2. The molecule has 2 aromatic heterocycles. The first kappa shape index (κ1) is 18.5. The van der Waals surface area contributed by atoms with E-state index in [-0.39, 0.29) is 5.91 Å². The molecule has 0 spiro atoms. The number of amides is 1. The lowest BCUT2D eigenvalue weighted by Gasteiger charge is -2.32. The first-order chi connectivity index (χ1) is 12.5. The van der Waals surface area contributed by atoms with Crippen molar-refractivity contribution in [3.05, 3.63) is 41.5 Å². The Kier molecular flexibility index (Phi) is 5.69. The molecule has 0 N–H and O–H groups in total. The van der Waals surface area contributed by atoms with Gasteiger partial charge in [-0.05, 0) is 45.1 Å². The first-order valence-corrected chi connectivity index (χ1v) is 9.62. The van der Waals surface area contributed by atoms with Gasteiger partial charge in [-0.15, -0.1) is 0 Å². The Labute approximate surface area is 155 Å². The molecule has 0 bridgehead atoms. The summed E-state index contributed by atoms with van der Waals surface area (Å²) in [6.45, 7) is 10.7. The molecule has 1 aliphatic rings. The molecule has 1 aliphatic heterocycles. The van der Waals surface area contributed by atoms with Gasteiger partial charge in [-0.25, -0.2) is 15.0 Å². The predicted molar refractivity (Wildman–Crippen MR) is 101 cm³/mol. The van der Waals surface area contributed by atoms with Gasteiger partial charge >= 0.3 is 0 Å². The molecule has 0 aliphatic carbocycles. The van der Waals surface area contributed by atoms with E-state index in [0.29, 0.717) is 29.9 Å². The van der Waals surface area contributed by atoms with Crippen molar-refractivity contribution in [3.63, 3.8) is 0 Å². The molecule has 2 aromatic rings. The second kappa shape index (κ2) is 7.98. The number of likely N-dealkylation sites (tertiary alicyclic amines) is 1. The second-order valence-corrected chi connectivity index (χ2v) is 7.55. The Morgan fingerprint density at radius 3 is 2.88 bits per heavy atom. The molecule has 3 heterocycles. The van der Waals surface area contributed by atoms with Crippen molar-refractivity contribution in [1.29, 1.82) is 0 Å². The number of piperidine rings is 1. The van der Waals surface area contributed by atoms with Crippen LogP contribution in [0.15, 0.2) is 18.5 Å². The summed E-state index contributed by atoms with van der Waals surface area (Å²) in [6, 6.07) is 1.87. The summed E-state index contributed by atoms with van der Waals surface area (Å²) in [7, 11) is 0. The first-order valence-electron chi connectivity index (χ1n) is 9.62. The van der Waals surface area contributed by atoms with Crippen LogP contribution in [0.25, 0.3) is 0 Å². The number of carbonyl (C=O) groups excluding carboxylic acids is 1. The molecule has 0 saturated carbocycles. The van der Waals surface area contributed by atoms with E-state index >= 15 is 0 Å². The van der Waals surface area contributed by atoms with Crippen molar-refractivity contribution in [2.75, 3.05) is 13.1 Å². The van der Waals surface area contributed by atoms with Gasteiger partial charge < -0.3 is 9.47 Å². The zero-order valence-corrected chi connectivity index (χ0v) is 16.3. The minimum absolute atomic E-state index is 0.0137. The van der Waals surface area contributed by atoms with Gasteiger partial charge in [0.2, 0.25) is 0 Å². The van der Waals surface area contributed by atoms with Crippen LogP contribution in [-0.4, -0.2) is 43.4 Å². The number of carbonyl (C=O) groups is 1. The van der Waals surface area contributed by atoms with Gasteiger partial charge in [0, 0.05) is 43.6 Å². The summed E-state index contributed by atoms with van der Waals surface area (Å²) in [4.78, 5) is 28.4. The number of rotatable bonds is 5. The van der Waals surface area contributed by atoms with E-state index in [4.69, 9.17) is 0 Å². The molecule has 6 nitrogen and oxygen atoms in total. The van der Waals surface area contributed by atoms with Crippen LogP contribution in [0.1, 0.15) is 67.4 Å². The standard InChI is InChI=1S/C20H29N5O/c1-5-24-10-8-21-19(24)16-7-6-9-25(13-16)20(26)18-12-17(11-14(2)3)22-15(4)23-18/h8,10,12,14,16H,5-7,9,11,13H2,1-4H3. The fourth-order valence-corrected chi connectivity index (χ4v) is 3.74. The summed E-state index contributed by atoms with van der Waals surface area (Å²) < 4.78 is 2.17. The maximum Gasteiger partial charge on any atom is 0.272 e. The number of aryl methyl sites for hydroxylation is 2. The van der Waals surface area contributed by atoms with Crippen LogP contribution in [0.3, 0.4) is 0 Å². The van der Waals surface area contributed by atoms with Crippen LogP contribution in [0.4, 0.5) is 0 Å². The van der Waals surface area contributed by atoms with E-state index in [1.807, 2.05) is 30.3 Å². The number of hydrogen-bond acceptors (Lipinski definition) is 4. The van der Waals surface area contributed by atoms with E-state index in [1.165, 1.54) is 0 Å². The SMILES string of the molecule is CCn1ccnc1C1CCCN(C(=O)c2cc(CC(C)C)nc(C)n2)C1. The van der Waals surface area contributed by atoms with Crippen LogP contribution >= 0.6 is 0 Å². The van der Waals surface area contributed by atoms with Gasteiger partial charge in [0.25, 0.3) is 5.91 Å². The highest BCUT2D eigenvalue weighted by Crippen LogP contribution is 2.26. The third kappa shape index (κ3) is 4.11. The van der Waals surface area contributed by atoms with Crippen LogP contribution < -0.4 is 0 Å². The molecule has 1 saturated heterocycles. The van der Waals surface area contributed by atoms with Gasteiger partial charge in [-0.3, -0.25) is 4.79 Å². The van der Waals surface area contributed by atoms with Gasteiger partial charge in [-0.1, -0.05) is 13.8 Å². The summed E-state index contributed by atoms with van der Waals surface area (Å²) >= 11 is 0. The second-order valence-electron chi connectivity index (χ2n) is 7.55. The molecule has 1 unspecified atom stereocenters. The molecule has 1 fully saturated rings. The summed E-state index contributed by atoms with van der Waals surface area (Å²) in [5.41, 5.74) is 1.47. The third-order valence-electron chi connectivity index (χ3n) is 4.89. The largest absolute Gasteiger partial charge is 0.337 e. The molecule has 0 radical (unpaired) electrons. The molecular weight excluding hydrogens is 326 g/mol. The van der Waals surface area contributed by atoms with Gasteiger partial charge in [-0.2, -0.15) is 0 Å². The Balaban J connectivity index is 1.78. The van der Waals surface area contributed by atoms with E-state index in [2.05, 4.69) is 40.3 Å². The Bertz CT molecular complexity index is 767. The minimum atomic E-state index is 0.0137. The van der Waals surface area contributed by atoms with E-state index in [0.717, 1.165) is 43.9 Å². The molecule has 0 aromatic carbocycles. The molecular formula is C20H29N5O. The lowest BCUT2D eigenvalue weighted by atomic mass is 9.96. The molecule has 140 valence electrons. The Morgan fingerprint density at radius 2 is 2.15 bits per heavy atom. The molecule has 3 rings (SSSR count). The Hall–Kier alpha value is -2.24. The quantitative estimate of drug-likeness (QED) is 0.826. The van der Waals surface area contributed by atoms with E-state index < -0.39 is 0 Å². The Morgan fingerprint density at radius 1 is 1.35 bits per heavy atom. The lowest BCUT2D eigenvalue weighted by Crippen LogP contribution is -2.40. The molecule has 26 heavy (non-hydrogen) atoms. The monoisotopic (exact) mass is 355 g/mol. The average Bonchev–Trinajstić information content (AvgIpc) is 3.09. The predicted octanol–water partition coefficient (Wildman–Crippen LogP) is 3.22. The molecule has 1 amide bonds. The molecule has 1 atom stereocenters. The zero-order valence-electron chi connectivity index (χ0n) is 16.3. The fraction of sp³-hybridized carbons (Fsp3) is 0.600. The van der Waals surface area contributed by atoms with Crippen molar-refractivity contribution in [1.82, 2.24) is 24.4 Å². The van der Waals surface area contributed by atoms with Crippen LogP contribution in [0.2, 0.25) is 0 Å². The highest BCUT2D eigenvalue weighted by Gasteiger charge is 2.28. The smallest absolute Gasteiger partial charge is 0.272 e. The summed E-state index contributed by atoms with van der Waals surface area (Å²) in [6.07, 6.45) is 6.80. The van der Waals surface area contributed by atoms with Crippen molar-refractivity contribution in [2.24, 2.45) is 5.92 Å². The number of nitrogens with zero attached hydrogens (tertiary/aromatic N) is 5. The van der Waals surface area contributed by atoms with Gasteiger partial charge in [0.1, 0.15) is 17.3 Å². The van der Waals surface area contributed by atoms with E-state index in [1.54, 1.807) is 0 Å². The van der Waals surface area contributed by atoms with Gasteiger partial charge in [0.15, 0.2) is 0 Å². The van der Waals surface area contributed by atoms with Crippen molar-refractivity contribution in [2.45, 2.75) is 59.4 Å². The van der Waals surface area contributed by atoms with Crippen molar-refractivity contribution in [3.8, 4) is 0 Å². The number of aromatic nitrogens is 4. The third-order valence-corrected chi connectivity index (χ3v) is 4.89. The molecule has 6 heteroatoms.